The van der Waals surface area contributed by atoms with Crippen LogP contribution in [0.1, 0.15) is 98.6 Å². The van der Waals surface area contributed by atoms with E-state index in [2.05, 4.69) is 107 Å². The summed E-state index contributed by atoms with van der Waals surface area (Å²) >= 11 is 0. The van der Waals surface area contributed by atoms with Crippen LogP contribution in [0, 0.1) is 0 Å². The Morgan fingerprint density at radius 1 is 0.548 bits per heavy atom. The van der Waals surface area contributed by atoms with E-state index in [9.17, 15) is 0 Å². The second-order valence-electron chi connectivity index (χ2n) is 9.46. The Morgan fingerprint density at radius 2 is 1.00 bits per heavy atom. The van der Waals surface area contributed by atoms with Gasteiger partial charge in [-0.3, -0.25) is 0 Å². The van der Waals surface area contributed by atoms with Crippen LogP contribution in [0.4, 0.5) is 0 Å². The number of rotatable bonds is 10. The second-order valence-corrected chi connectivity index (χ2v) is 9.46. The lowest BCUT2D eigenvalue weighted by molar-refractivity contribution is 0.525. The Kier molecular flexibility index (Phi) is 8.52. The Morgan fingerprint density at radius 3 is 1.48 bits per heavy atom. The van der Waals surface area contributed by atoms with E-state index in [1.54, 1.807) is 0 Å². The summed E-state index contributed by atoms with van der Waals surface area (Å²) in [5, 5.41) is 0. The van der Waals surface area contributed by atoms with Crippen molar-refractivity contribution in [3.63, 3.8) is 0 Å². The summed E-state index contributed by atoms with van der Waals surface area (Å²) in [5.41, 5.74) is 8.70. The van der Waals surface area contributed by atoms with Crippen molar-refractivity contribution in [3.8, 4) is 0 Å². The Labute approximate surface area is 190 Å². The monoisotopic (exact) mass is 412 g/mol. The van der Waals surface area contributed by atoms with Gasteiger partial charge >= 0.3 is 0 Å². The van der Waals surface area contributed by atoms with Gasteiger partial charge in [-0.1, -0.05) is 107 Å². The highest BCUT2D eigenvalue weighted by atomic mass is 14.2. The van der Waals surface area contributed by atoms with Crippen molar-refractivity contribution in [3.05, 3.63) is 106 Å². The quantitative estimate of drug-likeness (QED) is 0.312. The van der Waals surface area contributed by atoms with Crippen LogP contribution in [0.5, 0.6) is 0 Å². The maximum absolute atomic E-state index is 2.39. The third kappa shape index (κ3) is 6.57. The molecule has 0 heteroatoms. The molecular formula is C31H40. The molecule has 3 aromatic rings. The summed E-state index contributed by atoms with van der Waals surface area (Å²) in [7, 11) is 0. The molecule has 0 aromatic heterocycles. The van der Waals surface area contributed by atoms with Gasteiger partial charge in [0.2, 0.25) is 0 Å². The third-order valence-electron chi connectivity index (χ3n) is 6.88. The first-order valence-electron chi connectivity index (χ1n) is 12.3. The molecule has 3 aromatic carbocycles. The predicted octanol–water partition coefficient (Wildman–Crippen LogP) is 8.85. The van der Waals surface area contributed by atoms with E-state index in [1.807, 2.05) is 0 Å². The van der Waals surface area contributed by atoms with E-state index in [0.29, 0.717) is 17.8 Å². The van der Waals surface area contributed by atoms with Crippen molar-refractivity contribution in [2.24, 2.45) is 0 Å². The van der Waals surface area contributed by atoms with E-state index in [1.165, 1.54) is 46.2 Å². The van der Waals surface area contributed by atoms with E-state index in [-0.39, 0.29) is 0 Å². The van der Waals surface area contributed by atoms with Gasteiger partial charge in [-0.2, -0.15) is 0 Å². The summed E-state index contributed by atoms with van der Waals surface area (Å²) < 4.78 is 0. The minimum atomic E-state index is 0.560. The maximum Gasteiger partial charge on any atom is -0.0153 e. The van der Waals surface area contributed by atoms with Crippen LogP contribution in [-0.4, -0.2) is 0 Å². The molecule has 0 aliphatic carbocycles. The van der Waals surface area contributed by atoms with E-state index < -0.39 is 0 Å². The molecule has 0 spiro atoms. The lowest BCUT2D eigenvalue weighted by atomic mass is 9.82. The van der Waals surface area contributed by atoms with Crippen LogP contribution in [0.2, 0.25) is 0 Å². The van der Waals surface area contributed by atoms with Crippen LogP contribution < -0.4 is 0 Å². The zero-order valence-corrected chi connectivity index (χ0v) is 20.2. The number of aryl methyl sites for hydroxylation is 3. The summed E-state index contributed by atoms with van der Waals surface area (Å²) in [4.78, 5) is 0. The van der Waals surface area contributed by atoms with E-state index in [4.69, 9.17) is 0 Å². The fourth-order valence-corrected chi connectivity index (χ4v) is 4.50. The van der Waals surface area contributed by atoms with Crippen LogP contribution >= 0.6 is 0 Å². The summed E-state index contributed by atoms with van der Waals surface area (Å²) in [5.74, 6) is 1.74. The highest BCUT2D eigenvalue weighted by Gasteiger charge is 2.17. The van der Waals surface area contributed by atoms with Gasteiger partial charge in [0.05, 0.1) is 0 Å². The van der Waals surface area contributed by atoms with Crippen molar-refractivity contribution in [2.45, 2.75) is 84.5 Å². The van der Waals surface area contributed by atoms with Crippen molar-refractivity contribution in [1.29, 1.82) is 0 Å². The number of hydrogen-bond donors (Lipinski definition) is 0. The van der Waals surface area contributed by atoms with Gasteiger partial charge in [0, 0.05) is 0 Å². The fraction of sp³-hybridized carbons (Fsp3) is 0.419. The van der Waals surface area contributed by atoms with E-state index >= 15 is 0 Å². The van der Waals surface area contributed by atoms with E-state index in [0.717, 1.165) is 19.3 Å². The van der Waals surface area contributed by atoms with Gasteiger partial charge in [-0.25, -0.2) is 0 Å². The molecule has 3 rings (SSSR count). The average molecular weight is 413 g/mol. The molecule has 164 valence electrons. The molecule has 0 saturated heterocycles. The SMILES string of the molecule is CCc1ccc(C(C)CC(CCc2ccc(C(C)C)cc2)c2ccc(CC)cc2)cc1. The molecule has 0 N–H and O–H groups in total. The normalized spacial score (nSPS) is 13.4. The first-order valence-corrected chi connectivity index (χ1v) is 12.3. The zero-order valence-electron chi connectivity index (χ0n) is 20.2. The fourth-order valence-electron chi connectivity index (χ4n) is 4.50. The molecule has 0 bridgehead atoms. The summed E-state index contributed by atoms with van der Waals surface area (Å²) in [6, 6.07) is 27.9. The van der Waals surface area contributed by atoms with Gasteiger partial charge in [0.15, 0.2) is 0 Å². The lowest BCUT2D eigenvalue weighted by Gasteiger charge is -2.23. The molecule has 0 radical (unpaired) electrons. The van der Waals surface area contributed by atoms with Gasteiger partial charge in [-0.05, 0) is 83.2 Å². The Bertz CT molecular complexity index is 898. The molecule has 0 saturated carbocycles. The van der Waals surface area contributed by atoms with Crippen LogP contribution in [-0.2, 0) is 19.3 Å². The molecule has 2 unspecified atom stereocenters. The molecule has 0 amide bonds. The topological polar surface area (TPSA) is 0 Å². The largest absolute Gasteiger partial charge is 0.0613 e. The standard InChI is InChI=1S/C31H40/c1-6-25-8-17-29(18-9-25)24(5)22-31(30-19-10-26(7-2)11-20-30)21-14-27-12-15-28(16-13-27)23(3)4/h8-13,15-20,23-24,31H,6-7,14,21-22H2,1-5H3. The Balaban J connectivity index is 1.74. The van der Waals surface area contributed by atoms with Gasteiger partial charge < -0.3 is 0 Å². The molecule has 0 aliphatic heterocycles. The highest BCUT2D eigenvalue weighted by Crippen LogP contribution is 2.33. The first-order chi connectivity index (χ1) is 15.0. The minimum absolute atomic E-state index is 0.560. The van der Waals surface area contributed by atoms with Crippen LogP contribution in [0.3, 0.4) is 0 Å². The van der Waals surface area contributed by atoms with Crippen LogP contribution in [0.25, 0.3) is 0 Å². The molecular weight excluding hydrogens is 372 g/mol. The highest BCUT2D eigenvalue weighted by molar-refractivity contribution is 5.29. The molecule has 0 heterocycles. The van der Waals surface area contributed by atoms with Crippen molar-refractivity contribution in [1.82, 2.24) is 0 Å². The Hall–Kier alpha value is -2.34. The average Bonchev–Trinajstić information content (AvgIpc) is 2.82. The maximum atomic E-state index is 2.39. The number of hydrogen-bond acceptors (Lipinski definition) is 0. The first kappa shape index (κ1) is 23.3. The number of benzene rings is 3. The van der Waals surface area contributed by atoms with Crippen LogP contribution in [0.15, 0.2) is 72.8 Å². The molecule has 0 fully saturated rings. The minimum Gasteiger partial charge on any atom is -0.0613 e. The second kappa shape index (κ2) is 11.3. The molecule has 0 aliphatic rings. The smallest absolute Gasteiger partial charge is 0.0153 e. The van der Waals surface area contributed by atoms with Crippen molar-refractivity contribution in [2.75, 3.05) is 0 Å². The summed E-state index contributed by atoms with van der Waals surface area (Å²) in [6.45, 7) is 11.4. The lowest BCUT2D eigenvalue weighted by Crippen LogP contribution is -2.07. The summed E-state index contributed by atoms with van der Waals surface area (Å²) in [6.07, 6.45) is 5.74. The molecule has 2 atom stereocenters. The van der Waals surface area contributed by atoms with Gasteiger partial charge in [0.25, 0.3) is 0 Å². The van der Waals surface area contributed by atoms with Crippen molar-refractivity contribution >= 4 is 0 Å². The molecule has 0 nitrogen and oxygen atoms in total. The molecule has 31 heavy (non-hydrogen) atoms. The zero-order chi connectivity index (χ0) is 22.2. The van der Waals surface area contributed by atoms with Gasteiger partial charge in [-0.15, -0.1) is 0 Å². The van der Waals surface area contributed by atoms with Gasteiger partial charge in [0.1, 0.15) is 0 Å². The predicted molar refractivity (Wildman–Crippen MR) is 136 cm³/mol. The van der Waals surface area contributed by atoms with Crippen molar-refractivity contribution < 1.29 is 0 Å². The third-order valence-corrected chi connectivity index (χ3v) is 6.88.